The summed E-state index contributed by atoms with van der Waals surface area (Å²) >= 11 is 2.19. The number of imide groups is 1. The number of carbonyl (C=O) groups excluding carboxylic acids is 3. The first kappa shape index (κ1) is 23.8. The maximum atomic E-state index is 12.5. The largest absolute Gasteiger partial charge is 0.435 e. The molecule has 1 heterocycles. The number of halogens is 2. The predicted molar refractivity (Wildman–Crippen MR) is 121 cm³/mol. The minimum Gasteiger partial charge on any atom is -0.435 e. The van der Waals surface area contributed by atoms with Crippen LogP contribution in [0.4, 0.5) is 13.6 Å². The minimum absolute atomic E-state index is 0.00142. The lowest BCUT2D eigenvalue weighted by molar-refractivity contribution is -0.123. The van der Waals surface area contributed by atoms with Crippen molar-refractivity contribution >= 4 is 46.7 Å². The molecule has 6 nitrogen and oxygen atoms in total. The molecule has 168 valence electrons. The zero-order chi connectivity index (χ0) is 23.1. The van der Waals surface area contributed by atoms with Crippen LogP contribution >= 0.6 is 23.5 Å². The van der Waals surface area contributed by atoms with Crippen molar-refractivity contribution < 1.29 is 27.9 Å². The molecule has 1 aliphatic heterocycles. The fourth-order valence-electron chi connectivity index (χ4n) is 2.73. The Morgan fingerprint density at radius 2 is 1.84 bits per heavy atom. The molecule has 0 unspecified atom stereocenters. The number of aryl methyl sites for hydroxylation is 1. The first-order valence-electron chi connectivity index (χ1n) is 9.58. The number of hydrogen-bond donors (Lipinski definition) is 1. The van der Waals surface area contributed by atoms with Crippen molar-refractivity contribution in [2.45, 2.75) is 18.4 Å². The average Bonchev–Trinajstić information content (AvgIpc) is 3.01. The Bertz CT molecular complexity index is 1010. The first-order valence-corrected chi connectivity index (χ1v) is 11.4. The first-order chi connectivity index (χ1) is 15.3. The Morgan fingerprint density at radius 3 is 2.50 bits per heavy atom. The summed E-state index contributed by atoms with van der Waals surface area (Å²) in [7, 11) is 0. The van der Waals surface area contributed by atoms with Crippen LogP contribution in [0.25, 0.3) is 6.08 Å². The summed E-state index contributed by atoms with van der Waals surface area (Å²) in [6.07, 6.45) is 1.51. The molecule has 0 radical (unpaired) electrons. The Hall–Kier alpha value is -2.85. The number of carbonyl (C=O) groups is 3. The third-order valence-corrected chi connectivity index (χ3v) is 6.24. The van der Waals surface area contributed by atoms with E-state index in [-0.39, 0.29) is 35.4 Å². The molecule has 32 heavy (non-hydrogen) atoms. The van der Waals surface area contributed by atoms with E-state index < -0.39 is 17.8 Å². The highest BCUT2D eigenvalue weighted by Crippen LogP contribution is 2.32. The van der Waals surface area contributed by atoms with Crippen LogP contribution in [0.3, 0.4) is 0 Å². The second-order valence-electron chi connectivity index (χ2n) is 6.73. The van der Waals surface area contributed by atoms with Crippen molar-refractivity contribution in [3.8, 4) is 5.75 Å². The molecule has 2 aromatic rings. The Kier molecular flexibility index (Phi) is 8.29. The van der Waals surface area contributed by atoms with Gasteiger partial charge in [0.05, 0.1) is 10.7 Å². The molecular formula is C22H20F2N2O4S2. The molecule has 0 atom stereocenters. The lowest BCUT2D eigenvalue weighted by Crippen LogP contribution is -2.37. The van der Waals surface area contributed by atoms with E-state index in [4.69, 9.17) is 0 Å². The minimum atomic E-state index is -2.92. The smallest absolute Gasteiger partial charge is 0.387 e. The van der Waals surface area contributed by atoms with Gasteiger partial charge in [0.1, 0.15) is 5.75 Å². The topological polar surface area (TPSA) is 75.7 Å². The molecule has 0 saturated carbocycles. The van der Waals surface area contributed by atoms with E-state index in [1.807, 2.05) is 31.2 Å². The van der Waals surface area contributed by atoms with Crippen molar-refractivity contribution in [3.05, 3.63) is 64.6 Å². The number of ether oxygens (including phenoxy) is 1. The monoisotopic (exact) mass is 478 g/mol. The Labute approximate surface area is 192 Å². The van der Waals surface area contributed by atoms with Gasteiger partial charge in [0, 0.05) is 18.0 Å². The van der Waals surface area contributed by atoms with Gasteiger partial charge >= 0.3 is 6.61 Å². The quantitative estimate of drug-likeness (QED) is 0.421. The number of hydrogen-bond acceptors (Lipinski definition) is 6. The summed E-state index contributed by atoms with van der Waals surface area (Å²) in [4.78, 5) is 39.0. The summed E-state index contributed by atoms with van der Waals surface area (Å²) < 4.78 is 28.7. The molecule has 1 fully saturated rings. The van der Waals surface area contributed by atoms with E-state index in [0.29, 0.717) is 5.56 Å². The second-order valence-corrected chi connectivity index (χ2v) is 8.77. The van der Waals surface area contributed by atoms with Crippen LogP contribution in [0.15, 0.2) is 58.3 Å². The van der Waals surface area contributed by atoms with Gasteiger partial charge in [0.25, 0.3) is 11.1 Å². The van der Waals surface area contributed by atoms with E-state index in [0.717, 1.165) is 27.1 Å². The third kappa shape index (κ3) is 6.83. The summed E-state index contributed by atoms with van der Waals surface area (Å²) in [6.45, 7) is -0.718. The molecule has 3 amide bonds. The molecule has 1 aliphatic rings. The lowest BCUT2D eigenvalue weighted by atomic mass is 10.2. The van der Waals surface area contributed by atoms with Gasteiger partial charge in [-0.05, 0) is 54.6 Å². The van der Waals surface area contributed by atoms with Crippen LogP contribution in [0.2, 0.25) is 0 Å². The lowest BCUT2D eigenvalue weighted by Gasteiger charge is -2.13. The van der Waals surface area contributed by atoms with Crippen molar-refractivity contribution in [1.29, 1.82) is 0 Å². The van der Waals surface area contributed by atoms with Crippen molar-refractivity contribution in [2.24, 2.45) is 0 Å². The van der Waals surface area contributed by atoms with E-state index >= 15 is 0 Å². The molecule has 0 aromatic heterocycles. The number of nitrogens with zero attached hydrogens (tertiary/aromatic N) is 1. The van der Waals surface area contributed by atoms with Gasteiger partial charge in [-0.15, -0.1) is 11.8 Å². The van der Waals surface area contributed by atoms with Gasteiger partial charge in [-0.25, -0.2) is 0 Å². The maximum Gasteiger partial charge on any atom is 0.387 e. The number of thioether (sulfide) groups is 2. The van der Waals surface area contributed by atoms with Crippen molar-refractivity contribution in [1.82, 2.24) is 10.2 Å². The van der Waals surface area contributed by atoms with E-state index in [2.05, 4.69) is 10.1 Å². The third-order valence-electron chi connectivity index (χ3n) is 4.33. The summed E-state index contributed by atoms with van der Waals surface area (Å²) in [5.41, 5.74) is 1.71. The zero-order valence-electron chi connectivity index (χ0n) is 17.0. The number of alkyl halides is 2. The van der Waals surface area contributed by atoms with Gasteiger partial charge < -0.3 is 10.1 Å². The summed E-state index contributed by atoms with van der Waals surface area (Å²) in [5, 5.41) is 2.28. The van der Waals surface area contributed by atoms with Crippen LogP contribution in [0.5, 0.6) is 5.75 Å². The zero-order valence-corrected chi connectivity index (χ0v) is 18.7. The fourth-order valence-corrected chi connectivity index (χ4v) is 4.32. The van der Waals surface area contributed by atoms with Crippen molar-refractivity contribution in [3.63, 3.8) is 0 Å². The van der Waals surface area contributed by atoms with Crippen LogP contribution in [-0.4, -0.2) is 47.4 Å². The molecule has 10 heteroatoms. The summed E-state index contributed by atoms with van der Waals surface area (Å²) in [5.74, 6) is -0.419. The molecule has 3 rings (SSSR count). The normalized spacial score (nSPS) is 15.0. The Balaban J connectivity index is 1.47. The number of rotatable bonds is 9. The molecule has 0 bridgehead atoms. The van der Waals surface area contributed by atoms with Crippen LogP contribution in [0, 0.1) is 6.92 Å². The fraction of sp³-hybridized carbons (Fsp3) is 0.227. The summed E-state index contributed by atoms with van der Waals surface area (Å²) in [6, 6.07) is 13.6. The number of amides is 3. The number of benzene rings is 2. The van der Waals surface area contributed by atoms with Crippen molar-refractivity contribution in [2.75, 3.05) is 18.8 Å². The van der Waals surface area contributed by atoms with Crippen LogP contribution in [-0.2, 0) is 9.59 Å². The SMILES string of the molecule is Cc1ccc(SCC(=O)NCCN2C(=O)S/C(=C\c3ccc(OC(F)F)cc3)C2=O)cc1. The molecular weight excluding hydrogens is 458 g/mol. The predicted octanol–water partition coefficient (Wildman–Crippen LogP) is 4.54. The van der Waals surface area contributed by atoms with Gasteiger partial charge in [-0.3, -0.25) is 19.3 Å². The maximum absolute atomic E-state index is 12.5. The standard InChI is InChI=1S/C22H20F2N2O4S2/c1-14-2-8-17(9-3-14)31-13-19(27)25-10-11-26-20(28)18(32-22(26)29)12-15-4-6-16(7-5-15)30-21(23)24/h2-9,12,21H,10-11,13H2,1H3,(H,25,27)/b18-12-. The highest BCUT2D eigenvalue weighted by Gasteiger charge is 2.34. The van der Waals surface area contributed by atoms with Crippen LogP contribution in [0.1, 0.15) is 11.1 Å². The van der Waals surface area contributed by atoms with E-state index in [1.165, 1.54) is 42.1 Å². The average molecular weight is 479 g/mol. The van der Waals surface area contributed by atoms with Gasteiger partial charge in [0.2, 0.25) is 5.91 Å². The molecule has 0 spiro atoms. The van der Waals surface area contributed by atoms with Crippen LogP contribution < -0.4 is 10.1 Å². The molecule has 1 saturated heterocycles. The van der Waals surface area contributed by atoms with E-state index in [9.17, 15) is 23.2 Å². The molecule has 1 N–H and O–H groups in total. The number of nitrogens with one attached hydrogen (secondary N) is 1. The highest BCUT2D eigenvalue weighted by atomic mass is 32.2. The van der Waals surface area contributed by atoms with Gasteiger partial charge in [-0.1, -0.05) is 29.8 Å². The Morgan fingerprint density at radius 1 is 1.16 bits per heavy atom. The van der Waals surface area contributed by atoms with Gasteiger partial charge in [-0.2, -0.15) is 8.78 Å². The van der Waals surface area contributed by atoms with E-state index in [1.54, 1.807) is 0 Å². The second kappa shape index (κ2) is 11.1. The molecule has 2 aromatic carbocycles. The molecule has 0 aliphatic carbocycles. The highest BCUT2D eigenvalue weighted by molar-refractivity contribution is 8.18. The van der Waals surface area contributed by atoms with Gasteiger partial charge in [0.15, 0.2) is 0 Å².